The second-order valence-corrected chi connectivity index (χ2v) is 3.00. The third kappa shape index (κ3) is 3.20. The maximum atomic E-state index is 12.5. The van der Waals surface area contributed by atoms with Crippen LogP contribution in [0.4, 0.5) is 35.1 Å². The summed E-state index contributed by atoms with van der Waals surface area (Å²) in [4.78, 5) is 0. The molecular weight excluding hydrogens is 236 g/mol. The zero-order chi connectivity index (χ0) is 12.5. The predicted molar refractivity (Wildman–Crippen MR) is 35.8 cm³/mol. The van der Waals surface area contributed by atoms with E-state index >= 15 is 0 Å². The zero-order valence-corrected chi connectivity index (χ0v) is 7.52. The summed E-state index contributed by atoms with van der Waals surface area (Å²) >= 11 is 0. The molecule has 0 heterocycles. The van der Waals surface area contributed by atoms with E-state index in [1.165, 1.54) is 0 Å². The Hall–Kier alpha value is -0.560. The van der Waals surface area contributed by atoms with Gasteiger partial charge in [-0.05, 0) is 0 Å². The maximum absolute atomic E-state index is 12.5. The number of hydrogen-bond acceptors (Lipinski definition) is 0. The van der Waals surface area contributed by atoms with Crippen LogP contribution in [0.25, 0.3) is 0 Å². The Morgan fingerprint density at radius 3 is 1.53 bits per heavy atom. The number of rotatable bonds is 5. The van der Waals surface area contributed by atoms with Gasteiger partial charge in [-0.2, -0.15) is 17.6 Å². The normalized spacial score (nSPS) is 14.8. The van der Waals surface area contributed by atoms with Gasteiger partial charge in [-0.15, -0.1) is 0 Å². The number of alkyl halides is 8. The maximum Gasteiger partial charge on any atom is 0.316 e. The summed E-state index contributed by atoms with van der Waals surface area (Å²) in [5, 5.41) is 0. The summed E-state index contributed by atoms with van der Waals surface area (Å²) in [6, 6.07) is 0. The van der Waals surface area contributed by atoms with Gasteiger partial charge in [0.2, 0.25) is 0 Å². The van der Waals surface area contributed by atoms with Gasteiger partial charge in [0.15, 0.2) is 0 Å². The van der Waals surface area contributed by atoms with Crippen molar-refractivity contribution in [2.75, 3.05) is 0 Å². The molecular formula is C7H8F8. The van der Waals surface area contributed by atoms with E-state index in [1.54, 1.807) is 0 Å². The van der Waals surface area contributed by atoms with Crippen LogP contribution in [-0.2, 0) is 0 Å². The van der Waals surface area contributed by atoms with Crippen LogP contribution in [-0.4, -0.2) is 24.2 Å². The minimum absolute atomic E-state index is 0.647. The fourth-order valence-electron chi connectivity index (χ4n) is 0.761. The summed E-state index contributed by atoms with van der Waals surface area (Å²) < 4.78 is 97.1. The molecule has 0 fully saturated rings. The summed E-state index contributed by atoms with van der Waals surface area (Å²) in [5.74, 6) is -15.0. The Morgan fingerprint density at radius 1 is 0.867 bits per heavy atom. The molecule has 0 saturated carbocycles. The minimum Gasteiger partial charge on any atom is -0.204 e. The van der Waals surface area contributed by atoms with Crippen molar-refractivity contribution in [1.82, 2.24) is 0 Å². The molecule has 0 aromatic carbocycles. The second kappa shape index (κ2) is 4.13. The largest absolute Gasteiger partial charge is 0.316 e. The van der Waals surface area contributed by atoms with E-state index in [-0.39, 0.29) is 0 Å². The van der Waals surface area contributed by atoms with Crippen molar-refractivity contribution in [3.63, 3.8) is 0 Å². The van der Waals surface area contributed by atoms with Crippen molar-refractivity contribution in [3.05, 3.63) is 0 Å². The summed E-state index contributed by atoms with van der Waals surface area (Å²) in [6.07, 6.45) is -8.66. The highest BCUT2D eigenvalue weighted by Gasteiger charge is 2.61. The van der Waals surface area contributed by atoms with Gasteiger partial charge in [-0.3, -0.25) is 0 Å². The van der Waals surface area contributed by atoms with Crippen LogP contribution in [0.15, 0.2) is 0 Å². The molecule has 0 saturated heterocycles. The van der Waals surface area contributed by atoms with Crippen molar-refractivity contribution >= 4 is 0 Å². The number of halogens is 8. The first-order valence-corrected chi connectivity index (χ1v) is 3.88. The Morgan fingerprint density at radius 2 is 1.27 bits per heavy atom. The van der Waals surface area contributed by atoms with Crippen molar-refractivity contribution in [2.45, 2.75) is 44.0 Å². The van der Waals surface area contributed by atoms with Crippen molar-refractivity contribution in [3.8, 4) is 0 Å². The highest BCUT2D eigenvalue weighted by Crippen LogP contribution is 2.45. The van der Waals surface area contributed by atoms with E-state index in [1.807, 2.05) is 0 Å². The Labute approximate surface area is 80.3 Å². The molecule has 0 rings (SSSR count). The lowest BCUT2D eigenvalue weighted by molar-refractivity contribution is -0.257. The third-order valence-electron chi connectivity index (χ3n) is 1.76. The fourth-order valence-corrected chi connectivity index (χ4v) is 0.761. The molecule has 0 unspecified atom stereocenters. The average Bonchev–Trinajstić information content (AvgIpc) is 2.01. The van der Waals surface area contributed by atoms with Crippen molar-refractivity contribution < 1.29 is 35.1 Å². The molecule has 0 aliphatic carbocycles. The lowest BCUT2D eigenvalue weighted by atomic mass is 10.0. The van der Waals surface area contributed by atoms with Crippen LogP contribution in [0.1, 0.15) is 19.8 Å². The molecule has 0 radical (unpaired) electrons. The number of hydrogen-bond donors (Lipinski definition) is 0. The lowest BCUT2D eigenvalue weighted by Gasteiger charge is -2.28. The molecule has 0 atom stereocenters. The highest BCUT2D eigenvalue weighted by atomic mass is 19.3. The molecule has 0 aliphatic heterocycles. The first kappa shape index (κ1) is 14.4. The summed E-state index contributed by atoms with van der Waals surface area (Å²) in [5.41, 5.74) is 0. The molecule has 0 bridgehead atoms. The van der Waals surface area contributed by atoms with Crippen LogP contribution < -0.4 is 0 Å². The second-order valence-electron chi connectivity index (χ2n) is 3.00. The quantitative estimate of drug-likeness (QED) is 0.642. The van der Waals surface area contributed by atoms with Crippen LogP contribution in [0, 0.1) is 0 Å². The predicted octanol–water partition coefficient (Wildman–Crippen LogP) is 3.96. The van der Waals surface area contributed by atoms with Crippen LogP contribution in [0.3, 0.4) is 0 Å². The minimum atomic E-state index is -5.15. The van der Waals surface area contributed by atoms with E-state index in [4.69, 9.17) is 0 Å². The van der Waals surface area contributed by atoms with E-state index < -0.39 is 37.0 Å². The molecule has 92 valence electrons. The molecule has 0 aliphatic rings. The van der Waals surface area contributed by atoms with E-state index in [0.29, 0.717) is 6.92 Å². The lowest BCUT2D eigenvalue weighted by Crippen LogP contribution is -2.46. The molecule has 0 aromatic rings. The molecule has 15 heavy (non-hydrogen) atoms. The first-order chi connectivity index (χ1) is 6.46. The standard InChI is InChI=1S/C7H8F8/c1-2-6(12,13)7(14,15)3-5(10,11)4(8)9/h4H,2-3H2,1H3. The molecule has 0 spiro atoms. The molecule has 8 heteroatoms. The van der Waals surface area contributed by atoms with Gasteiger partial charge in [0.25, 0.3) is 0 Å². The topological polar surface area (TPSA) is 0 Å². The summed E-state index contributed by atoms with van der Waals surface area (Å²) in [6.45, 7) is 0.647. The van der Waals surface area contributed by atoms with Gasteiger partial charge in [-0.1, -0.05) is 6.92 Å². The summed E-state index contributed by atoms with van der Waals surface area (Å²) in [7, 11) is 0. The molecule has 0 nitrogen and oxygen atoms in total. The highest BCUT2D eigenvalue weighted by molar-refractivity contribution is 4.89. The monoisotopic (exact) mass is 244 g/mol. The third-order valence-corrected chi connectivity index (χ3v) is 1.76. The van der Waals surface area contributed by atoms with Gasteiger partial charge < -0.3 is 0 Å². The van der Waals surface area contributed by atoms with Gasteiger partial charge in [0.05, 0.1) is 6.42 Å². The smallest absolute Gasteiger partial charge is 0.204 e. The SMILES string of the molecule is CCC(F)(F)C(F)(F)CC(F)(F)C(F)F. The molecule has 0 N–H and O–H groups in total. The van der Waals surface area contributed by atoms with E-state index in [0.717, 1.165) is 0 Å². The van der Waals surface area contributed by atoms with Gasteiger partial charge >= 0.3 is 24.2 Å². The Kier molecular flexibility index (Phi) is 3.98. The van der Waals surface area contributed by atoms with Crippen LogP contribution in [0.2, 0.25) is 0 Å². The van der Waals surface area contributed by atoms with Gasteiger partial charge in [0, 0.05) is 6.42 Å². The van der Waals surface area contributed by atoms with E-state index in [9.17, 15) is 35.1 Å². The van der Waals surface area contributed by atoms with E-state index in [2.05, 4.69) is 0 Å². The zero-order valence-electron chi connectivity index (χ0n) is 7.52. The fraction of sp³-hybridized carbons (Fsp3) is 1.00. The van der Waals surface area contributed by atoms with Crippen LogP contribution in [0.5, 0.6) is 0 Å². The Bertz CT molecular complexity index is 209. The average molecular weight is 244 g/mol. The molecule has 0 aromatic heterocycles. The van der Waals surface area contributed by atoms with Crippen molar-refractivity contribution in [2.24, 2.45) is 0 Å². The Balaban J connectivity index is 4.79. The van der Waals surface area contributed by atoms with Crippen molar-refractivity contribution in [1.29, 1.82) is 0 Å². The first-order valence-electron chi connectivity index (χ1n) is 3.88. The molecule has 0 amide bonds. The van der Waals surface area contributed by atoms with Gasteiger partial charge in [-0.25, -0.2) is 17.6 Å². The van der Waals surface area contributed by atoms with Crippen LogP contribution >= 0.6 is 0 Å². The van der Waals surface area contributed by atoms with Gasteiger partial charge in [0.1, 0.15) is 0 Å².